The van der Waals surface area contributed by atoms with Crippen LogP contribution in [-0.4, -0.2) is 10.9 Å². The highest BCUT2D eigenvalue weighted by Crippen LogP contribution is 2.54. The van der Waals surface area contributed by atoms with E-state index in [9.17, 15) is 9.18 Å². The first-order valence-corrected chi connectivity index (χ1v) is 7.31. The zero-order valence-electron chi connectivity index (χ0n) is 11.1. The van der Waals surface area contributed by atoms with Crippen LogP contribution in [0.3, 0.4) is 0 Å². The normalized spacial score (nSPS) is 26.9. The lowest BCUT2D eigenvalue weighted by molar-refractivity contribution is -0.125. The average Bonchev–Trinajstić information content (AvgIpc) is 3.03. The molecule has 1 aromatic rings. The van der Waals surface area contributed by atoms with Gasteiger partial charge in [-0.3, -0.25) is 4.79 Å². The van der Waals surface area contributed by atoms with Gasteiger partial charge in [0.2, 0.25) is 5.91 Å². The Morgan fingerprint density at radius 2 is 2.05 bits per heavy atom. The van der Waals surface area contributed by atoms with Crippen LogP contribution in [0, 0.1) is 23.6 Å². The number of thiocarbonyl (C=S) groups is 1. The fraction of sp³-hybridized carbons (Fsp3) is 0.467. The lowest BCUT2D eigenvalue weighted by atomic mass is 10.0. The lowest BCUT2D eigenvalue weighted by Crippen LogP contribution is -2.29. The maximum absolute atomic E-state index is 13.8. The number of hydrogen-bond acceptors (Lipinski definition) is 2. The van der Waals surface area contributed by atoms with Crippen molar-refractivity contribution in [3.63, 3.8) is 0 Å². The first-order chi connectivity index (χ1) is 9.54. The van der Waals surface area contributed by atoms with Crippen LogP contribution in [0.4, 0.5) is 4.39 Å². The van der Waals surface area contributed by atoms with Crippen molar-refractivity contribution < 1.29 is 9.18 Å². The van der Waals surface area contributed by atoms with Gasteiger partial charge in [0.05, 0.1) is 0 Å². The Balaban J connectivity index is 1.57. The predicted octanol–water partition coefficient (Wildman–Crippen LogP) is 2.12. The van der Waals surface area contributed by atoms with E-state index in [-0.39, 0.29) is 29.2 Å². The monoisotopic (exact) mass is 292 g/mol. The summed E-state index contributed by atoms with van der Waals surface area (Å²) in [5.74, 6) is 1.33. The second-order valence-electron chi connectivity index (χ2n) is 5.81. The first-order valence-electron chi connectivity index (χ1n) is 6.90. The molecule has 0 bridgehead atoms. The zero-order chi connectivity index (χ0) is 14.3. The number of nitrogens with one attached hydrogen (secondary N) is 1. The van der Waals surface area contributed by atoms with E-state index in [0.717, 1.165) is 24.7 Å². The molecule has 0 saturated heterocycles. The molecular weight excluding hydrogens is 275 g/mol. The second kappa shape index (κ2) is 5.13. The summed E-state index contributed by atoms with van der Waals surface area (Å²) < 4.78 is 13.8. The molecule has 20 heavy (non-hydrogen) atoms. The summed E-state index contributed by atoms with van der Waals surface area (Å²) in [5, 5.41) is 2.83. The quantitative estimate of drug-likeness (QED) is 0.836. The minimum absolute atomic E-state index is 0.0509. The van der Waals surface area contributed by atoms with Crippen molar-refractivity contribution in [3.05, 3.63) is 35.1 Å². The highest BCUT2D eigenvalue weighted by Gasteiger charge is 2.47. The Bertz CT molecular complexity index is 565. The SMILES string of the molecule is NC(=S)c1ccc(CNC(=O)C2CC3CC3C2)c(F)c1. The van der Waals surface area contributed by atoms with Gasteiger partial charge in [-0.2, -0.15) is 0 Å². The molecule has 2 aliphatic rings. The van der Waals surface area contributed by atoms with Gasteiger partial charge in [-0.05, 0) is 37.2 Å². The Morgan fingerprint density at radius 3 is 2.65 bits per heavy atom. The van der Waals surface area contributed by atoms with Crippen LogP contribution in [0.1, 0.15) is 30.4 Å². The van der Waals surface area contributed by atoms with Crippen molar-refractivity contribution in [1.29, 1.82) is 0 Å². The summed E-state index contributed by atoms with van der Waals surface area (Å²) in [6.07, 6.45) is 3.29. The van der Waals surface area contributed by atoms with Crippen molar-refractivity contribution in [1.82, 2.24) is 5.32 Å². The van der Waals surface area contributed by atoms with Crippen LogP contribution in [-0.2, 0) is 11.3 Å². The number of nitrogens with two attached hydrogens (primary N) is 1. The van der Waals surface area contributed by atoms with Gasteiger partial charge in [0.1, 0.15) is 10.8 Å². The maximum atomic E-state index is 13.8. The summed E-state index contributed by atoms with van der Waals surface area (Å²) in [6.45, 7) is 0.216. The van der Waals surface area contributed by atoms with E-state index < -0.39 is 0 Å². The minimum atomic E-state index is -0.384. The second-order valence-corrected chi connectivity index (χ2v) is 6.25. The lowest BCUT2D eigenvalue weighted by Gasteiger charge is -2.13. The van der Waals surface area contributed by atoms with E-state index >= 15 is 0 Å². The number of halogens is 1. The van der Waals surface area contributed by atoms with E-state index in [1.807, 2.05) is 0 Å². The fourth-order valence-electron chi connectivity index (χ4n) is 3.10. The van der Waals surface area contributed by atoms with Gasteiger partial charge in [-0.1, -0.05) is 24.4 Å². The molecule has 0 heterocycles. The molecule has 106 valence electrons. The number of carbonyl (C=O) groups is 1. The third-order valence-electron chi connectivity index (χ3n) is 4.41. The average molecular weight is 292 g/mol. The van der Waals surface area contributed by atoms with Gasteiger partial charge in [-0.15, -0.1) is 0 Å². The molecule has 3 nitrogen and oxygen atoms in total. The molecule has 3 N–H and O–H groups in total. The van der Waals surface area contributed by atoms with Gasteiger partial charge in [0.25, 0.3) is 0 Å². The molecule has 2 fully saturated rings. The highest BCUT2D eigenvalue weighted by atomic mass is 32.1. The van der Waals surface area contributed by atoms with Crippen LogP contribution in [0.5, 0.6) is 0 Å². The molecule has 0 aromatic heterocycles. The molecule has 2 saturated carbocycles. The molecule has 1 aromatic carbocycles. The maximum Gasteiger partial charge on any atom is 0.223 e. The number of hydrogen-bond donors (Lipinski definition) is 2. The van der Waals surface area contributed by atoms with Crippen molar-refractivity contribution in [3.8, 4) is 0 Å². The zero-order valence-corrected chi connectivity index (χ0v) is 11.9. The largest absolute Gasteiger partial charge is 0.389 e. The molecule has 0 radical (unpaired) electrons. The van der Waals surface area contributed by atoms with E-state index in [4.69, 9.17) is 18.0 Å². The third kappa shape index (κ3) is 2.68. The Labute approximate surface area is 122 Å². The molecule has 0 aliphatic heterocycles. The summed E-state index contributed by atoms with van der Waals surface area (Å²) in [6, 6.07) is 4.61. The van der Waals surface area contributed by atoms with Crippen molar-refractivity contribution in [2.45, 2.75) is 25.8 Å². The number of fused-ring (bicyclic) bond motifs is 1. The number of amides is 1. The van der Waals surface area contributed by atoms with E-state index in [1.165, 1.54) is 12.5 Å². The van der Waals surface area contributed by atoms with Gasteiger partial charge in [0, 0.05) is 23.6 Å². The first kappa shape index (κ1) is 13.5. The van der Waals surface area contributed by atoms with Gasteiger partial charge >= 0.3 is 0 Å². The number of carbonyl (C=O) groups excluding carboxylic acids is 1. The summed E-state index contributed by atoms with van der Waals surface area (Å²) >= 11 is 4.80. The Hall–Kier alpha value is -1.49. The molecule has 2 aliphatic carbocycles. The Morgan fingerprint density at radius 1 is 1.35 bits per heavy atom. The topological polar surface area (TPSA) is 55.1 Å². The van der Waals surface area contributed by atoms with Crippen LogP contribution in [0.2, 0.25) is 0 Å². The minimum Gasteiger partial charge on any atom is -0.389 e. The highest BCUT2D eigenvalue weighted by molar-refractivity contribution is 7.80. The van der Waals surface area contributed by atoms with Crippen molar-refractivity contribution in [2.24, 2.45) is 23.5 Å². The Kier molecular flexibility index (Phi) is 3.46. The molecule has 2 atom stereocenters. The van der Waals surface area contributed by atoms with E-state index in [2.05, 4.69) is 5.32 Å². The van der Waals surface area contributed by atoms with E-state index in [0.29, 0.717) is 11.1 Å². The molecule has 3 rings (SSSR count). The number of rotatable bonds is 4. The molecular formula is C15H17FN2OS. The summed E-state index contributed by atoms with van der Waals surface area (Å²) in [5.41, 5.74) is 6.41. The third-order valence-corrected chi connectivity index (χ3v) is 4.64. The molecule has 2 unspecified atom stereocenters. The summed E-state index contributed by atoms with van der Waals surface area (Å²) in [4.78, 5) is 12.2. The van der Waals surface area contributed by atoms with Crippen molar-refractivity contribution >= 4 is 23.1 Å². The standard InChI is InChI=1S/C15H17FN2OS/c16-13-6-8(14(17)20)1-2-9(13)7-18-15(19)12-4-10-3-11(10)5-12/h1-2,6,10-12H,3-5,7H2,(H2,17,20)(H,18,19). The van der Waals surface area contributed by atoms with Crippen molar-refractivity contribution in [2.75, 3.05) is 0 Å². The predicted molar refractivity (Wildman–Crippen MR) is 78.5 cm³/mol. The molecule has 1 amide bonds. The van der Waals surface area contributed by atoms with E-state index in [1.54, 1.807) is 12.1 Å². The molecule has 0 spiro atoms. The summed E-state index contributed by atoms with van der Waals surface area (Å²) in [7, 11) is 0. The van der Waals surface area contributed by atoms with Crippen LogP contribution in [0.25, 0.3) is 0 Å². The van der Waals surface area contributed by atoms with Gasteiger partial charge in [-0.25, -0.2) is 4.39 Å². The smallest absolute Gasteiger partial charge is 0.223 e. The van der Waals surface area contributed by atoms with Gasteiger partial charge in [0.15, 0.2) is 0 Å². The van der Waals surface area contributed by atoms with Crippen LogP contribution >= 0.6 is 12.2 Å². The van der Waals surface area contributed by atoms with Crippen LogP contribution < -0.4 is 11.1 Å². The van der Waals surface area contributed by atoms with Crippen LogP contribution in [0.15, 0.2) is 18.2 Å². The number of benzene rings is 1. The molecule has 5 heteroatoms. The van der Waals surface area contributed by atoms with Gasteiger partial charge < -0.3 is 11.1 Å². The fourth-order valence-corrected chi connectivity index (χ4v) is 3.23.